The van der Waals surface area contributed by atoms with Crippen molar-refractivity contribution in [3.63, 3.8) is 0 Å². The molecule has 0 radical (unpaired) electrons. The van der Waals surface area contributed by atoms with Gasteiger partial charge in [-0.1, -0.05) is 35.3 Å². The summed E-state index contributed by atoms with van der Waals surface area (Å²) < 4.78 is 16.0. The molecular formula is C19H21Cl2NO4. The van der Waals surface area contributed by atoms with E-state index in [1.807, 2.05) is 6.07 Å². The molecule has 0 fully saturated rings. The smallest absolute Gasteiger partial charge is 0.224 e. The molecule has 0 atom stereocenters. The molecule has 0 unspecified atom stereocenters. The number of halogens is 2. The maximum Gasteiger partial charge on any atom is 0.224 e. The third kappa shape index (κ3) is 4.96. The predicted molar refractivity (Wildman–Crippen MR) is 103 cm³/mol. The minimum absolute atomic E-state index is 0.124. The number of rotatable bonds is 8. The number of carbonyl (C=O) groups is 1. The zero-order chi connectivity index (χ0) is 19.1. The van der Waals surface area contributed by atoms with Crippen molar-refractivity contribution in [2.75, 3.05) is 27.9 Å². The highest BCUT2D eigenvalue weighted by molar-refractivity contribution is 6.35. The van der Waals surface area contributed by atoms with Gasteiger partial charge < -0.3 is 19.5 Å². The molecule has 0 spiro atoms. The Morgan fingerprint density at radius 3 is 2.27 bits per heavy atom. The lowest BCUT2D eigenvalue weighted by Gasteiger charge is -2.15. The van der Waals surface area contributed by atoms with Gasteiger partial charge in [0.25, 0.3) is 0 Å². The monoisotopic (exact) mass is 397 g/mol. The summed E-state index contributed by atoms with van der Waals surface area (Å²) in [5.41, 5.74) is 1.65. The number of nitrogens with one attached hydrogen (secondary N) is 1. The molecule has 0 saturated heterocycles. The van der Waals surface area contributed by atoms with E-state index in [4.69, 9.17) is 37.4 Å². The standard InChI is InChI=1S/C19H21Cl2NO4/c1-24-16-7-5-13(18(25-2)19(16)26-3)10-17(23)22-9-8-12-4-6-14(20)11-15(12)21/h4-7,11H,8-10H2,1-3H3,(H,22,23). The first-order chi connectivity index (χ1) is 12.5. The van der Waals surface area contributed by atoms with Crippen LogP contribution >= 0.6 is 23.2 Å². The third-order valence-electron chi connectivity index (χ3n) is 3.87. The fraction of sp³-hybridized carbons (Fsp3) is 0.316. The highest BCUT2D eigenvalue weighted by atomic mass is 35.5. The molecule has 5 nitrogen and oxygen atoms in total. The van der Waals surface area contributed by atoms with Crippen molar-refractivity contribution in [3.8, 4) is 17.2 Å². The van der Waals surface area contributed by atoms with Gasteiger partial charge in [0, 0.05) is 22.2 Å². The Labute approximate surface area is 163 Å². The molecule has 26 heavy (non-hydrogen) atoms. The number of hydrogen-bond acceptors (Lipinski definition) is 4. The second-order valence-electron chi connectivity index (χ2n) is 5.51. The quantitative estimate of drug-likeness (QED) is 0.733. The molecular weight excluding hydrogens is 377 g/mol. The summed E-state index contributed by atoms with van der Waals surface area (Å²) in [4.78, 5) is 12.3. The number of carbonyl (C=O) groups excluding carboxylic acids is 1. The summed E-state index contributed by atoms with van der Waals surface area (Å²) >= 11 is 12.0. The molecule has 7 heteroatoms. The molecule has 0 aliphatic carbocycles. The number of amides is 1. The van der Waals surface area contributed by atoms with Crippen LogP contribution in [0.5, 0.6) is 17.2 Å². The van der Waals surface area contributed by atoms with Crippen LogP contribution in [0.3, 0.4) is 0 Å². The number of benzene rings is 2. The maximum absolute atomic E-state index is 12.3. The van der Waals surface area contributed by atoms with Gasteiger partial charge in [0.05, 0.1) is 27.8 Å². The molecule has 0 bridgehead atoms. The van der Waals surface area contributed by atoms with Gasteiger partial charge in [0.2, 0.25) is 11.7 Å². The van der Waals surface area contributed by atoms with Gasteiger partial charge >= 0.3 is 0 Å². The van der Waals surface area contributed by atoms with E-state index in [1.165, 1.54) is 14.2 Å². The molecule has 2 aromatic rings. The number of hydrogen-bond donors (Lipinski definition) is 1. The topological polar surface area (TPSA) is 56.8 Å². The molecule has 1 amide bonds. The van der Waals surface area contributed by atoms with Gasteiger partial charge in [-0.3, -0.25) is 4.79 Å². The Bertz CT molecular complexity index is 780. The van der Waals surface area contributed by atoms with Crippen molar-refractivity contribution in [1.82, 2.24) is 5.32 Å². The van der Waals surface area contributed by atoms with Crippen molar-refractivity contribution in [2.45, 2.75) is 12.8 Å². The van der Waals surface area contributed by atoms with Crippen molar-refractivity contribution in [2.24, 2.45) is 0 Å². The average molecular weight is 398 g/mol. The summed E-state index contributed by atoms with van der Waals surface area (Å²) in [6.45, 7) is 0.468. The molecule has 0 saturated carbocycles. The van der Waals surface area contributed by atoms with Gasteiger partial charge in [0.1, 0.15) is 0 Å². The molecule has 140 valence electrons. The Morgan fingerprint density at radius 1 is 0.962 bits per heavy atom. The first-order valence-corrected chi connectivity index (χ1v) is 8.74. The second-order valence-corrected chi connectivity index (χ2v) is 6.35. The van der Waals surface area contributed by atoms with Crippen LogP contribution in [0.15, 0.2) is 30.3 Å². The Kier molecular flexibility index (Phi) is 7.42. The van der Waals surface area contributed by atoms with E-state index < -0.39 is 0 Å². The Hall–Kier alpha value is -2.11. The predicted octanol–water partition coefficient (Wildman–Crippen LogP) is 3.92. The number of ether oxygens (including phenoxy) is 3. The highest BCUT2D eigenvalue weighted by Gasteiger charge is 2.17. The van der Waals surface area contributed by atoms with Crippen molar-refractivity contribution < 1.29 is 19.0 Å². The van der Waals surface area contributed by atoms with E-state index in [-0.39, 0.29) is 12.3 Å². The van der Waals surface area contributed by atoms with E-state index in [9.17, 15) is 4.79 Å². The molecule has 0 aliphatic rings. The Morgan fingerprint density at radius 2 is 1.65 bits per heavy atom. The van der Waals surface area contributed by atoms with Crippen LogP contribution in [0.2, 0.25) is 10.0 Å². The summed E-state index contributed by atoms with van der Waals surface area (Å²) in [6, 6.07) is 8.86. The first-order valence-electron chi connectivity index (χ1n) is 7.98. The van der Waals surface area contributed by atoms with Crippen LogP contribution in [-0.4, -0.2) is 33.8 Å². The van der Waals surface area contributed by atoms with Crippen LogP contribution in [0.4, 0.5) is 0 Å². The van der Waals surface area contributed by atoms with Gasteiger partial charge in [-0.2, -0.15) is 0 Å². The van der Waals surface area contributed by atoms with Crippen molar-refractivity contribution >= 4 is 29.1 Å². The molecule has 1 N–H and O–H groups in total. The van der Waals surface area contributed by atoms with Crippen molar-refractivity contribution in [1.29, 1.82) is 0 Å². The van der Waals surface area contributed by atoms with Crippen molar-refractivity contribution in [3.05, 3.63) is 51.5 Å². The lowest BCUT2D eigenvalue weighted by Crippen LogP contribution is -2.27. The van der Waals surface area contributed by atoms with E-state index >= 15 is 0 Å². The second kappa shape index (κ2) is 9.55. The molecule has 0 aliphatic heterocycles. The van der Waals surface area contributed by atoms with E-state index in [2.05, 4.69) is 5.32 Å². The van der Waals surface area contributed by atoms with Crippen LogP contribution in [0.25, 0.3) is 0 Å². The Balaban J connectivity index is 1.99. The van der Waals surface area contributed by atoms with E-state index in [0.717, 1.165) is 5.56 Å². The zero-order valence-electron chi connectivity index (χ0n) is 14.9. The normalized spacial score (nSPS) is 10.3. The summed E-state index contributed by atoms with van der Waals surface area (Å²) in [5, 5.41) is 4.06. The SMILES string of the molecule is COc1ccc(CC(=O)NCCc2ccc(Cl)cc2Cl)c(OC)c1OC. The first kappa shape index (κ1) is 20.2. The zero-order valence-corrected chi connectivity index (χ0v) is 16.4. The molecule has 0 heterocycles. The summed E-state index contributed by atoms with van der Waals surface area (Å²) in [7, 11) is 4.60. The highest BCUT2D eigenvalue weighted by Crippen LogP contribution is 2.39. The van der Waals surface area contributed by atoms with Crippen LogP contribution in [0.1, 0.15) is 11.1 Å². The van der Waals surface area contributed by atoms with Crippen LogP contribution < -0.4 is 19.5 Å². The largest absolute Gasteiger partial charge is 0.493 e. The van der Waals surface area contributed by atoms with E-state index in [1.54, 1.807) is 31.4 Å². The van der Waals surface area contributed by atoms with Gasteiger partial charge in [-0.25, -0.2) is 0 Å². The third-order valence-corrected chi connectivity index (χ3v) is 4.46. The summed E-state index contributed by atoms with van der Waals surface area (Å²) in [5.74, 6) is 1.38. The number of methoxy groups -OCH3 is 3. The molecule has 2 aromatic carbocycles. The lowest BCUT2D eigenvalue weighted by molar-refractivity contribution is -0.120. The minimum Gasteiger partial charge on any atom is -0.493 e. The maximum atomic E-state index is 12.3. The van der Waals surface area contributed by atoms with E-state index in [0.29, 0.717) is 45.8 Å². The van der Waals surface area contributed by atoms with Gasteiger partial charge in [0.15, 0.2) is 11.5 Å². The summed E-state index contributed by atoms with van der Waals surface area (Å²) in [6.07, 6.45) is 0.780. The molecule has 0 aromatic heterocycles. The van der Waals surface area contributed by atoms with Crippen LogP contribution in [-0.2, 0) is 17.6 Å². The lowest BCUT2D eigenvalue weighted by atomic mass is 10.1. The van der Waals surface area contributed by atoms with Crippen LogP contribution in [0, 0.1) is 0 Å². The fourth-order valence-corrected chi connectivity index (χ4v) is 3.10. The molecule has 2 rings (SSSR count). The van der Waals surface area contributed by atoms with Gasteiger partial charge in [-0.15, -0.1) is 0 Å². The van der Waals surface area contributed by atoms with Gasteiger partial charge in [-0.05, 0) is 30.2 Å². The average Bonchev–Trinajstić information content (AvgIpc) is 2.62. The fourth-order valence-electron chi connectivity index (χ4n) is 2.60. The minimum atomic E-state index is -0.124.